The standard InChI is InChI=1S/C18H21N5O2/c1-11-7-12(2)23(21-11)15-5-6-22(10-15)18(25)19-14-3-4-16-13(8-14)9-17(24)20-16/h3-4,7-8,15H,5-6,9-10H2,1-2H3,(H,19,25)(H,20,24)/t15-/m1/s1. The topological polar surface area (TPSA) is 79.3 Å². The van der Waals surface area contributed by atoms with E-state index in [0.29, 0.717) is 19.5 Å². The summed E-state index contributed by atoms with van der Waals surface area (Å²) in [4.78, 5) is 25.8. The second kappa shape index (κ2) is 5.91. The number of rotatable bonds is 2. The third kappa shape index (κ3) is 2.97. The minimum absolute atomic E-state index is 0.00857. The largest absolute Gasteiger partial charge is 0.326 e. The zero-order valence-electron chi connectivity index (χ0n) is 14.4. The van der Waals surface area contributed by atoms with E-state index in [-0.39, 0.29) is 18.0 Å². The van der Waals surface area contributed by atoms with Crippen molar-refractivity contribution < 1.29 is 9.59 Å². The highest BCUT2D eigenvalue weighted by atomic mass is 16.2. The summed E-state index contributed by atoms with van der Waals surface area (Å²) < 4.78 is 2.02. The molecule has 7 heteroatoms. The molecule has 0 saturated carbocycles. The molecule has 4 rings (SSSR count). The van der Waals surface area contributed by atoms with Gasteiger partial charge in [-0.15, -0.1) is 0 Å². The van der Waals surface area contributed by atoms with Gasteiger partial charge >= 0.3 is 6.03 Å². The molecule has 0 aliphatic carbocycles. The molecule has 2 aliphatic heterocycles. The lowest BCUT2D eigenvalue weighted by atomic mass is 10.1. The summed E-state index contributed by atoms with van der Waals surface area (Å²) in [6.07, 6.45) is 1.26. The van der Waals surface area contributed by atoms with Crippen molar-refractivity contribution in [1.82, 2.24) is 14.7 Å². The number of carbonyl (C=O) groups is 2. The van der Waals surface area contributed by atoms with E-state index in [1.165, 1.54) is 0 Å². The molecule has 7 nitrogen and oxygen atoms in total. The summed E-state index contributed by atoms with van der Waals surface area (Å²) >= 11 is 0. The molecule has 0 spiro atoms. The number of anilines is 2. The van der Waals surface area contributed by atoms with Gasteiger partial charge in [-0.25, -0.2) is 4.79 Å². The highest BCUT2D eigenvalue weighted by Crippen LogP contribution is 2.27. The highest BCUT2D eigenvalue weighted by molar-refractivity contribution is 6.00. The first-order valence-electron chi connectivity index (χ1n) is 8.51. The van der Waals surface area contributed by atoms with E-state index in [4.69, 9.17) is 0 Å². The molecule has 2 aliphatic rings. The number of aryl methyl sites for hydroxylation is 2. The predicted molar refractivity (Wildman–Crippen MR) is 94.7 cm³/mol. The Hall–Kier alpha value is -2.83. The molecule has 2 N–H and O–H groups in total. The molecule has 1 fully saturated rings. The van der Waals surface area contributed by atoms with Crippen molar-refractivity contribution in [2.45, 2.75) is 32.7 Å². The van der Waals surface area contributed by atoms with Gasteiger partial charge in [0.2, 0.25) is 5.91 Å². The Morgan fingerprint density at radius 1 is 1.32 bits per heavy atom. The van der Waals surface area contributed by atoms with Crippen LogP contribution in [-0.2, 0) is 11.2 Å². The van der Waals surface area contributed by atoms with Crippen molar-refractivity contribution in [2.24, 2.45) is 0 Å². The number of likely N-dealkylation sites (tertiary alicyclic amines) is 1. The molecule has 1 saturated heterocycles. The maximum Gasteiger partial charge on any atom is 0.321 e. The molecule has 25 heavy (non-hydrogen) atoms. The lowest BCUT2D eigenvalue weighted by Crippen LogP contribution is -2.33. The zero-order valence-corrected chi connectivity index (χ0v) is 14.4. The lowest BCUT2D eigenvalue weighted by Gasteiger charge is -2.18. The zero-order chi connectivity index (χ0) is 17.6. The van der Waals surface area contributed by atoms with Crippen molar-refractivity contribution >= 4 is 23.3 Å². The number of aromatic nitrogens is 2. The molecule has 2 aromatic rings. The first kappa shape index (κ1) is 15.7. The Morgan fingerprint density at radius 2 is 2.16 bits per heavy atom. The van der Waals surface area contributed by atoms with Crippen LogP contribution in [0.2, 0.25) is 0 Å². The monoisotopic (exact) mass is 339 g/mol. The average Bonchev–Trinajstić information content (AvgIpc) is 3.24. The first-order chi connectivity index (χ1) is 12.0. The molecule has 1 aromatic carbocycles. The molecule has 130 valence electrons. The van der Waals surface area contributed by atoms with Gasteiger partial charge in [0, 0.05) is 30.2 Å². The number of carbonyl (C=O) groups excluding carboxylic acids is 2. The van der Waals surface area contributed by atoms with Crippen LogP contribution in [0, 0.1) is 13.8 Å². The molecule has 3 heterocycles. The van der Waals surface area contributed by atoms with E-state index in [9.17, 15) is 9.59 Å². The summed E-state index contributed by atoms with van der Waals surface area (Å²) in [5.74, 6) is -0.00857. The van der Waals surface area contributed by atoms with Crippen molar-refractivity contribution in [1.29, 1.82) is 0 Å². The summed E-state index contributed by atoms with van der Waals surface area (Å²) in [5, 5.41) is 10.3. The van der Waals surface area contributed by atoms with Crippen LogP contribution in [-0.4, -0.2) is 39.7 Å². The van der Waals surface area contributed by atoms with Gasteiger partial charge < -0.3 is 15.5 Å². The Balaban J connectivity index is 1.42. The van der Waals surface area contributed by atoms with Crippen LogP contribution < -0.4 is 10.6 Å². The van der Waals surface area contributed by atoms with E-state index in [1.807, 2.05) is 41.6 Å². The summed E-state index contributed by atoms with van der Waals surface area (Å²) in [5.41, 5.74) is 4.59. The number of urea groups is 1. The van der Waals surface area contributed by atoms with Gasteiger partial charge in [0.25, 0.3) is 0 Å². The molecular weight excluding hydrogens is 318 g/mol. The van der Waals surface area contributed by atoms with Gasteiger partial charge in [-0.3, -0.25) is 9.48 Å². The Bertz CT molecular complexity index is 857. The van der Waals surface area contributed by atoms with Crippen molar-refractivity contribution in [3.8, 4) is 0 Å². The van der Waals surface area contributed by atoms with Gasteiger partial charge in [0.05, 0.1) is 18.2 Å². The normalized spacial score (nSPS) is 19.0. The number of hydrogen-bond acceptors (Lipinski definition) is 3. The summed E-state index contributed by atoms with van der Waals surface area (Å²) in [6.45, 7) is 5.39. The van der Waals surface area contributed by atoms with Gasteiger partial charge in [-0.1, -0.05) is 0 Å². The van der Waals surface area contributed by atoms with Crippen LogP contribution in [0.5, 0.6) is 0 Å². The van der Waals surface area contributed by atoms with Crippen LogP contribution in [0.25, 0.3) is 0 Å². The smallest absolute Gasteiger partial charge is 0.321 e. The fourth-order valence-electron chi connectivity index (χ4n) is 3.65. The van der Waals surface area contributed by atoms with E-state index >= 15 is 0 Å². The van der Waals surface area contributed by atoms with Crippen LogP contribution >= 0.6 is 0 Å². The minimum Gasteiger partial charge on any atom is -0.326 e. The summed E-state index contributed by atoms with van der Waals surface area (Å²) in [7, 11) is 0. The Morgan fingerprint density at radius 3 is 2.92 bits per heavy atom. The third-order valence-corrected chi connectivity index (χ3v) is 4.82. The van der Waals surface area contributed by atoms with Crippen molar-refractivity contribution in [2.75, 3.05) is 23.7 Å². The summed E-state index contributed by atoms with van der Waals surface area (Å²) in [6, 6.07) is 7.68. The fraction of sp³-hybridized carbons (Fsp3) is 0.389. The minimum atomic E-state index is -0.110. The van der Waals surface area contributed by atoms with Crippen LogP contribution in [0.1, 0.15) is 29.4 Å². The molecule has 0 bridgehead atoms. The third-order valence-electron chi connectivity index (χ3n) is 4.82. The number of nitrogens with zero attached hydrogens (tertiary/aromatic N) is 3. The van der Waals surface area contributed by atoms with Crippen LogP contribution in [0.15, 0.2) is 24.3 Å². The van der Waals surface area contributed by atoms with Crippen LogP contribution in [0.4, 0.5) is 16.2 Å². The molecule has 0 unspecified atom stereocenters. The second-order valence-electron chi connectivity index (χ2n) is 6.79. The number of nitrogens with one attached hydrogen (secondary N) is 2. The SMILES string of the molecule is Cc1cc(C)n([C@@H]2CCN(C(=O)Nc3ccc4c(c3)CC(=O)N4)C2)n1. The Labute approximate surface area is 146 Å². The Kier molecular flexibility index (Phi) is 3.71. The highest BCUT2D eigenvalue weighted by Gasteiger charge is 2.29. The molecule has 1 atom stereocenters. The number of fused-ring (bicyclic) bond motifs is 1. The number of benzene rings is 1. The molecule has 1 aromatic heterocycles. The average molecular weight is 339 g/mol. The maximum atomic E-state index is 12.5. The van der Waals surface area contributed by atoms with Crippen molar-refractivity contribution in [3.05, 3.63) is 41.2 Å². The van der Waals surface area contributed by atoms with E-state index in [0.717, 1.165) is 34.7 Å². The fourth-order valence-corrected chi connectivity index (χ4v) is 3.65. The van der Waals surface area contributed by atoms with Gasteiger partial charge in [0.1, 0.15) is 0 Å². The molecule has 0 radical (unpaired) electrons. The second-order valence-corrected chi connectivity index (χ2v) is 6.79. The quantitative estimate of drug-likeness (QED) is 0.882. The van der Waals surface area contributed by atoms with Gasteiger partial charge in [-0.05, 0) is 50.1 Å². The van der Waals surface area contributed by atoms with E-state index < -0.39 is 0 Å². The van der Waals surface area contributed by atoms with Gasteiger partial charge in [0.15, 0.2) is 0 Å². The predicted octanol–water partition coefficient (Wildman–Crippen LogP) is 2.47. The molecule has 3 amide bonds. The van der Waals surface area contributed by atoms with Gasteiger partial charge in [-0.2, -0.15) is 5.10 Å². The first-order valence-corrected chi connectivity index (χ1v) is 8.51. The van der Waals surface area contributed by atoms with Crippen LogP contribution in [0.3, 0.4) is 0 Å². The van der Waals surface area contributed by atoms with Crippen molar-refractivity contribution in [3.63, 3.8) is 0 Å². The lowest BCUT2D eigenvalue weighted by molar-refractivity contribution is -0.115. The van der Waals surface area contributed by atoms with E-state index in [1.54, 1.807) is 0 Å². The molecular formula is C18H21N5O2. The maximum absolute atomic E-state index is 12.5. The van der Waals surface area contributed by atoms with E-state index in [2.05, 4.69) is 21.8 Å². The number of hydrogen-bond donors (Lipinski definition) is 2. The number of amides is 3.